The highest BCUT2D eigenvalue weighted by molar-refractivity contribution is 7.85. The molecule has 1 atom stereocenters. The second-order valence-electron chi connectivity index (χ2n) is 5.36. The molecule has 1 aromatic rings. The van der Waals surface area contributed by atoms with E-state index in [2.05, 4.69) is 5.32 Å². The zero-order valence-electron chi connectivity index (χ0n) is 11.3. The molecule has 1 amide bonds. The van der Waals surface area contributed by atoms with Crippen molar-refractivity contribution in [3.8, 4) is 0 Å². The van der Waals surface area contributed by atoms with Gasteiger partial charge >= 0.3 is 5.97 Å². The Kier molecular flexibility index (Phi) is 5.00. The van der Waals surface area contributed by atoms with Gasteiger partial charge in [0.25, 0.3) is 0 Å². The van der Waals surface area contributed by atoms with E-state index in [-0.39, 0.29) is 29.2 Å². The molecule has 0 aliphatic heterocycles. The highest BCUT2D eigenvalue weighted by Gasteiger charge is 2.45. The van der Waals surface area contributed by atoms with E-state index in [4.69, 9.17) is 16.7 Å². The predicted molar refractivity (Wildman–Crippen MR) is 81.9 cm³/mol. The van der Waals surface area contributed by atoms with Gasteiger partial charge in [-0.1, -0.05) is 17.7 Å². The molecule has 7 heteroatoms. The lowest BCUT2D eigenvalue weighted by atomic mass is 10.1. The van der Waals surface area contributed by atoms with Crippen LogP contribution >= 0.6 is 11.6 Å². The molecule has 0 bridgehead atoms. The molecular formula is C14H16ClNO4S. The Hall–Kier alpha value is -1.40. The van der Waals surface area contributed by atoms with Gasteiger partial charge < -0.3 is 10.4 Å². The zero-order valence-corrected chi connectivity index (χ0v) is 12.9. The monoisotopic (exact) mass is 329 g/mol. The number of carbonyl (C=O) groups is 2. The number of anilines is 1. The van der Waals surface area contributed by atoms with E-state index in [0.29, 0.717) is 10.7 Å². The van der Waals surface area contributed by atoms with Gasteiger partial charge in [0, 0.05) is 27.3 Å². The minimum atomic E-state index is -1.36. The third-order valence-electron chi connectivity index (χ3n) is 3.35. The lowest BCUT2D eigenvalue weighted by molar-refractivity contribution is -0.138. The van der Waals surface area contributed by atoms with Gasteiger partial charge in [-0.05, 0) is 36.5 Å². The Morgan fingerprint density at radius 2 is 2.10 bits per heavy atom. The van der Waals surface area contributed by atoms with Crippen LogP contribution in [0.3, 0.4) is 0 Å². The summed E-state index contributed by atoms with van der Waals surface area (Å²) in [5, 5.41) is 11.9. The minimum absolute atomic E-state index is 0.0225. The van der Waals surface area contributed by atoms with Crippen LogP contribution in [0.4, 0.5) is 5.69 Å². The van der Waals surface area contributed by atoms with Gasteiger partial charge in [-0.15, -0.1) is 0 Å². The number of carboxylic acids is 1. The minimum Gasteiger partial charge on any atom is -0.481 e. The van der Waals surface area contributed by atoms with E-state index in [1.807, 2.05) is 0 Å². The second kappa shape index (κ2) is 6.58. The topological polar surface area (TPSA) is 83.5 Å². The van der Waals surface area contributed by atoms with Crippen molar-refractivity contribution >= 4 is 40.0 Å². The number of amides is 1. The molecule has 5 nitrogen and oxygen atoms in total. The number of hydrogen-bond acceptors (Lipinski definition) is 3. The average Bonchev–Trinajstić information content (AvgIpc) is 3.06. The molecule has 1 saturated carbocycles. The first kappa shape index (κ1) is 16.0. The molecule has 1 unspecified atom stereocenters. The standard InChI is InChI=1S/C14H16ClNO4S/c15-10-2-1-3-11(6-10)16-12(17)8-21(20)9-14(4-5-14)7-13(18)19/h1-3,6H,4-5,7-9H2,(H,16,17)(H,18,19). The van der Waals surface area contributed by atoms with Crippen LogP contribution in [-0.4, -0.2) is 32.7 Å². The number of carbonyl (C=O) groups excluding carboxylic acids is 1. The highest BCUT2D eigenvalue weighted by Crippen LogP contribution is 2.49. The summed E-state index contributed by atoms with van der Waals surface area (Å²) in [6.07, 6.45) is 1.55. The summed E-state index contributed by atoms with van der Waals surface area (Å²) in [5.41, 5.74) is 0.184. The molecular weight excluding hydrogens is 314 g/mol. The van der Waals surface area contributed by atoms with Gasteiger partial charge in [-0.2, -0.15) is 0 Å². The van der Waals surface area contributed by atoms with E-state index < -0.39 is 16.8 Å². The molecule has 0 aromatic heterocycles. The Morgan fingerprint density at radius 3 is 2.67 bits per heavy atom. The average molecular weight is 330 g/mol. The summed E-state index contributed by atoms with van der Waals surface area (Å²) in [6, 6.07) is 6.70. The molecule has 1 aromatic carbocycles. The van der Waals surface area contributed by atoms with Crippen molar-refractivity contribution < 1.29 is 18.9 Å². The number of halogens is 1. The van der Waals surface area contributed by atoms with Gasteiger partial charge in [0.15, 0.2) is 0 Å². The fourth-order valence-corrected chi connectivity index (χ4v) is 3.90. The number of nitrogens with one attached hydrogen (secondary N) is 1. The largest absolute Gasteiger partial charge is 0.481 e. The van der Waals surface area contributed by atoms with Gasteiger partial charge in [-0.25, -0.2) is 0 Å². The number of aliphatic carboxylic acids is 1. The Balaban J connectivity index is 1.83. The number of rotatable bonds is 7. The Bertz CT molecular complexity index is 586. The smallest absolute Gasteiger partial charge is 0.303 e. The molecule has 0 saturated heterocycles. The third-order valence-corrected chi connectivity index (χ3v) is 5.10. The molecule has 1 fully saturated rings. The van der Waals surface area contributed by atoms with Crippen LogP contribution in [0.2, 0.25) is 5.02 Å². The molecule has 2 N–H and O–H groups in total. The zero-order chi connectivity index (χ0) is 15.5. The second-order valence-corrected chi connectivity index (χ2v) is 7.25. The van der Waals surface area contributed by atoms with Crippen molar-refractivity contribution in [2.45, 2.75) is 19.3 Å². The van der Waals surface area contributed by atoms with Crippen molar-refractivity contribution in [3.63, 3.8) is 0 Å². The van der Waals surface area contributed by atoms with E-state index in [1.54, 1.807) is 24.3 Å². The molecule has 21 heavy (non-hydrogen) atoms. The van der Waals surface area contributed by atoms with Crippen LogP contribution in [-0.2, 0) is 20.4 Å². The molecule has 114 valence electrons. The SMILES string of the molecule is O=C(O)CC1(CS(=O)CC(=O)Nc2cccc(Cl)c2)CC1. The van der Waals surface area contributed by atoms with Gasteiger partial charge in [0.05, 0.1) is 6.42 Å². The van der Waals surface area contributed by atoms with Crippen molar-refractivity contribution in [3.05, 3.63) is 29.3 Å². The summed E-state index contributed by atoms with van der Waals surface area (Å²) in [5.74, 6) is -1.11. The molecule has 1 aliphatic carbocycles. The first-order valence-electron chi connectivity index (χ1n) is 6.51. The fraction of sp³-hybridized carbons (Fsp3) is 0.429. The van der Waals surface area contributed by atoms with Crippen LogP contribution in [0.5, 0.6) is 0 Å². The van der Waals surface area contributed by atoms with Crippen LogP contribution in [0.1, 0.15) is 19.3 Å². The van der Waals surface area contributed by atoms with Crippen LogP contribution in [0.15, 0.2) is 24.3 Å². The molecule has 0 heterocycles. The number of benzene rings is 1. The predicted octanol–water partition coefficient (Wildman–Crippen LogP) is 2.28. The first-order chi connectivity index (χ1) is 9.88. The van der Waals surface area contributed by atoms with Crippen molar-refractivity contribution in [1.82, 2.24) is 0 Å². The maximum absolute atomic E-state index is 12.0. The van der Waals surface area contributed by atoms with Gasteiger partial charge in [-0.3, -0.25) is 13.8 Å². The molecule has 0 radical (unpaired) electrons. The summed E-state index contributed by atoms with van der Waals surface area (Å²) < 4.78 is 12.0. The number of hydrogen-bond donors (Lipinski definition) is 2. The quantitative estimate of drug-likeness (QED) is 0.804. The molecule has 0 spiro atoms. The molecule has 2 rings (SSSR count). The van der Waals surface area contributed by atoms with Crippen molar-refractivity contribution in [2.75, 3.05) is 16.8 Å². The van der Waals surface area contributed by atoms with Crippen LogP contribution < -0.4 is 5.32 Å². The molecule has 1 aliphatic rings. The Morgan fingerprint density at radius 1 is 1.38 bits per heavy atom. The number of carboxylic acid groups (broad SMARTS) is 1. The van der Waals surface area contributed by atoms with Crippen LogP contribution in [0, 0.1) is 5.41 Å². The lowest BCUT2D eigenvalue weighted by Crippen LogP contribution is -2.25. The Labute approximate surface area is 130 Å². The fourth-order valence-electron chi connectivity index (χ4n) is 2.17. The van der Waals surface area contributed by atoms with E-state index in [0.717, 1.165) is 12.8 Å². The van der Waals surface area contributed by atoms with E-state index >= 15 is 0 Å². The van der Waals surface area contributed by atoms with Crippen molar-refractivity contribution in [2.24, 2.45) is 5.41 Å². The van der Waals surface area contributed by atoms with Gasteiger partial charge in [0.1, 0.15) is 5.75 Å². The first-order valence-corrected chi connectivity index (χ1v) is 8.37. The van der Waals surface area contributed by atoms with Gasteiger partial charge in [0.2, 0.25) is 5.91 Å². The summed E-state index contributed by atoms with van der Waals surface area (Å²) in [7, 11) is -1.36. The summed E-state index contributed by atoms with van der Waals surface area (Å²) in [4.78, 5) is 22.5. The summed E-state index contributed by atoms with van der Waals surface area (Å²) in [6.45, 7) is 0. The maximum atomic E-state index is 12.0. The highest BCUT2D eigenvalue weighted by atomic mass is 35.5. The lowest BCUT2D eigenvalue weighted by Gasteiger charge is -2.12. The van der Waals surface area contributed by atoms with Crippen molar-refractivity contribution in [1.29, 1.82) is 0 Å². The third kappa shape index (κ3) is 5.13. The maximum Gasteiger partial charge on any atom is 0.303 e. The van der Waals surface area contributed by atoms with E-state index in [9.17, 15) is 13.8 Å². The normalized spacial score (nSPS) is 17.0. The van der Waals surface area contributed by atoms with Crippen LogP contribution in [0.25, 0.3) is 0 Å². The van der Waals surface area contributed by atoms with E-state index in [1.165, 1.54) is 0 Å². The summed E-state index contributed by atoms with van der Waals surface area (Å²) >= 11 is 5.81.